The van der Waals surface area contributed by atoms with E-state index in [1.807, 2.05) is 0 Å². The lowest BCUT2D eigenvalue weighted by atomic mass is 9.91. The molecule has 0 spiro atoms. The number of nitrogens with one attached hydrogen (secondary N) is 1. The quantitative estimate of drug-likeness (QED) is 0.731. The number of benzene rings is 1. The van der Waals surface area contributed by atoms with Gasteiger partial charge in [-0.15, -0.1) is 0 Å². The van der Waals surface area contributed by atoms with Crippen LogP contribution in [0.2, 0.25) is 0 Å². The van der Waals surface area contributed by atoms with E-state index in [0.717, 1.165) is 30.8 Å². The van der Waals surface area contributed by atoms with Crippen molar-refractivity contribution in [3.8, 4) is 5.75 Å². The SMILES string of the molecule is Fc1ccc2c(c1)[C@@H](C1=CCCNC1)CO2. The van der Waals surface area contributed by atoms with Gasteiger partial charge in [0.05, 0.1) is 6.61 Å². The van der Waals surface area contributed by atoms with Gasteiger partial charge in [0, 0.05) is 18.0 Å². The summed E-state index contributed by atoms with van der Waals surface area (Å²) >= 11 is 0. The highest BCUT2D eigenvalue weighted by Crippen LogP contribution is 2.38. The lowest BCUT2D eigenvalue weighted by Gasteiger charge is -2.19. The van der Waals surface area contributed by atoms with Gasteiger partial charge in [-0.1, -0.05) is 6.08 Å². The van der Waals surface area contributed by atoms with Gasteiger partial charge < -0.3 is 10.1 Å². The molecule has 3 rings (SSSR count). The van der Waals surface area contributed by atoms with Crippen LogP contribution in [-0.4, -0.2) is 19.7 Å². The van der Waals surface area contributed by atoms with Crippen molar-refractivity contribution in [2.45, 2.75) is 12.3 Å². The summed E-state index contributed by atoms with van der Waals surface area (Å²) in [4.78, 5) is 0. The zero-order valence-electron chi connectivity index (χ0n) is 9.00. The monoisotopic (exact) mass is 219 g/mol. The maximum atomic E-state index is 13.2. The number of ether oxygens (including phenoxy) is 1. The van der Waals surface area contributed by atoms with Crippen LogP contribution in [0.4, 0.5) is 4.39 Å². The molecule has 0 aromatic heterocycles. The first-order chi connectivity index (χ1) is 7.84. The summed E-state index contributed by atoms with van der Waals surface area (Å²) in [5, 5.41) is 3.34. The minimum Gasteiger partial charge on any atom is -0.492 e. The first-order valence-corrected chi connectivity index (χ1v) is 5.66. The zero-order valence-corrected chi connectivity index (χ0v) is 9.00. The number of hydrogen-bond donors (Lipinski definition) is 1. The third-order valence-corrected chi connectivity index (χ3v) is 3.26. The Kier molecular flexibility index (Phi) is 2.40. The second-order valence-electron chi connectivity index (χ2n) is 4.29. The van der Waals surface area contributed by atoms with Gasteiger partial charge in [0.15, 0.2) is 0 Å². The Morgan fingerprint density at radius 2 is 2.31 bits per heavy atom. The Morgan fingerprint density at radius 3 is 3.12 bits per heavy atom. The highest BCUT2D eigenvalue weighted by molar-refractivity contribution is 5.45. The fourth-order valence-electron chi connectivity index (χ4n) is 2.42. The summed E-state index contributed by atoms with van der Waals surface area (Å²) in [6, 6.07) is 4.78. The molecule has 0 aliphatic carbocycles. The molecule has 2 nitrogen and oxygen atoms in total. The minimum absolute atomic E-state index is 0.182. The molecule has 1 aromatic carbocycles. The molecule has 2 aliphatic rings. The van der Waals surface area contributed by atoms with Crippen molar-refractivity contribution >= 4 is 0 Å². The highest BCUT2D eigenvalue weighted by Gasteiger charge is 2.28. The first-order valence-electron chi connectivity index (χ1n) is 5.66. The predicted molar refractivity (Wildman–Crippen MR) is 60.2 cm³/mol. The van der Waals surface area contributed by atoms with Crippen molar-refractivity contribution in [2.24, 2.45) is 0 Å². The fourth-order valence-corrected chi connectivity index (χ4v) is 2.42. The van der Waals surface area contributed by atoms with Gasteiger partial charge in [0.25, 0.3) is 0 Å². The van der Waals surface area contributed by atoms with E-state index in [9.17, 15) is 4.39 Å². The fraction of sp³-hybridized carbons (Fsp3) is 0.385. The molecular weight excluding hydrogens is 205 g/mol. The van der Waals surface area contributed by atoms with E-state index >= 15 is 0 Å². The van der Waals surface area contributed by atoms with Crippen molar-refractivity contribution in [1.29, 1.82) is 0 Å². The van der Waals surface area contributed by atoms with Gasteiger partial charge in [0.1, 0.15) is 11.6 Å². The summed E-state index contributed by atoms with van der Waals surface area (Å²) in [6.45, 7) is 2.57. The van der Waals surface area contributed by atoms with Gasteiger partial charge in [0.2, 0.25) is 0 Å². The second kappa shape index (κ2) is 3.91. The van der Waals surface area contributed by atoms with Crippen molar-refractivity contribution in [2.75, 3.05) is 19.7 Å². The molecule has 16 heavy (non-hydrogen) atoms. The molecule has 1 N–H and O–H groups in total. The summed E-state index contributed by atoms with van der Waals surface area (Å²) in [5.74, 6) is 0.884. The molecule has 0 radical (unpaired) electrons. The number of hydrogen-bond acceptors (Lipinski definition) is 2. The van der Waals surface area contributed by atoms with Crippen molar-refractivity contribution in [1.82, 2.24) is 5.32 Å². The summed E-state index contributed by atoms with van der Waals surface area (Å²) in [7, 11) is 0. The molecule has 0 amide bonds. The maximum Gasteiger partial charge on any atom is 0.123 e. The second-order valence-corrected chi connectivity index (χ2v) is 4.29. The van der Waals surface area contributed by atoms with E-state index in [4.69, 9.17) is 4.74 Å². The average molecular weight is 219 g/mol. The predicted octanol–water partition coefficient (Wildman–Crippen LogP) is 2.22. The van der Waals surface area contributed by atoms with Crippen LogP contribution in [-0.2, 0) is 0 Å². The molecule has 1 atom stereocenters. The number of rotatable bonds is 1. The first kappa shape index (κ1) is 9.85. The highest BCUT2D eigenvalue weighted by atomic mass is 19.1. The molecule has 2 heterocycles. The normalized spacial score (nSPS) is 23.6. The van der Waals surface area contributed by atoms with Crippen LogP contribution in [0, 0.1) is 5.82 Å². The van der Waals surface area contributed by atoms with Crippen LogP contribution >= 0.6 is 0 Å². The number of halogens is 1. The molecule has 1 aromatic rings. The molecule has 2 aliphatic heterocycles. The maximum absolute atomic E-state index is 13.2. The Morgan fingerprint density at radius 1 is 1.38 bits per heavy atom. The van der Waals surface area contributed by atoms with Crippen molar-refractivity contribution < 1.29 is 9.13 Å². The molecule has 0 bridgehead atoms. The van der Waals surface area contributed by atoms with E-state index in [1.165, 1.54) is 11.6 Å². The van der Waals surface area contributed by atoms with Crippen LogP contribution in [0.25, 0.3) is 0 Å². The molecule has 0 saturated carbocycles. The Labute approximate surface area is 94.1 Å². The van der Waals surface area contributed by atoms with Crippen molar-refractivity contribution in [3.05, 3.63) is 41.2 Å². The molecule has 3 heteroatoms. The summed E-state index contributed by atoms with van der Waals surface area (Å²) < 4.78 is 18.8. The van der Waals surface area contributed by atoms with Crippen LogP contribution in [0.15, 0.2) is 29.8 Å². The van der Waals surface area contributed by atoms with Crippen LogP contribution in [0.5, 0.6) is 5.75 Å². The Balaban J connectivity index is 1.95. The van der Waals surface area contributed by atoms with Crippen LogP contribution in [0.3, 0.4) is 0 Å². The zero-order chi connectivity index (χ0) is 11.0. The molecule has 84 valence electrons. The van der Waals surface area contributed by atoms with E-state index in [2.05, 4.69) is 11.4 Å². The van der Waals surface area contributed by atoms with Crippen molar-refractivity contribution in [3.63, 3.8) is 0 Å². The van der Waals surface area contributed by atoms with E-state index in [1.54, 1.807) is 12.1 Å². The van der Waals surface area contributed by atoms with Gasteiger partial charge in [-0.2, -0.15) is 0 Å². The van der Waals surface area contributed by atoms with Crippen LogP contribution < -0.4 is 10.1 Å². The Hall–Kier alpha value is -1.35. The molecule has 0 unspecified atom stereocenters. The van der Waals surface area contributed by atoms with Gasteiger partial charge in [-0.05, 0) is 36.7 Å². The smallest absolute Gasteiger partial charge is 0.123 e. The topological polar surface area (TPSA) is 21.3 Å². The lowest BCUT2D eigenvalue weighted by Crippen LogP contribution is -2.25. The van der Waals surface area contributed by atoms with E-state index in [0.29, 0.717) is 6.61 Å². The third kappa shape index (κ3) is 1.61. The lowest BCUT2D eigenvalue weighted by molar-refractivity contribution is 0.339. The summed E-state index contributed by atoms with van der Waals surface area (Å²) in [5.41, 5.74) is 2.32. The minimum atomic E-state index is -0.182. The largest absolute Gasteiger partial charge is 0.492 e. The van der Waals surface area contributed by atoms with Gasteiger partial charge >= 0.3 is 0 Å². The third-order valence-electron chi connectivity index (χ3n) is 3.26. The van der Waals surface area contributed by atoms with E-state index in [-0.39, 0.29) is 11.7 Å². The number of fused-ring (bicyclic) bond motifs is 1. The Bertz CT molecular complexity index is 442. The summed E-state index contributed by atoms with van der Waals surface area (Å²) in [6.07, 6.45) is 3.31. The average Bonchev–Trinajstić information content (AvgIpc) is 2.73. The molecule has 0 saturated heterocycles. The van der Waals surface area contributed by atoms with Gasteiger partial charge in [-0.3, -0.25) is 0 Å². The molecule has 0 fully saturated rings. The van der Waals surface area contributed by atoms with Gasteiger partial charge in [-0.25, -0.2) is 4.39 Å². The van der Waals surface area contributed by atoms with Crippen LogP contribution in [0.1, 0.15) is 17.9 Å². The standard InChI is InChI=1S/C13H14FNO/c14-10-3-4-13-11(6-10)12(8-16-13)9-2-1-5-15-7-9/h2-4,6,12,15H,1,5,7-8H2/t12-/m1/s1. The molecular formula is C13H14FNO. The van der Waals surface area contributed by atoms with E-state index < -0.39 is 0 Å².